The van der Waals surface area contributed by atoms with Crippen molar-refractivity contribution in [3.05, 3.63) is 15.6 Å². The van der Waals surface area contributed by atoms with E-state index in [-0.39, 0.29) is 42.2 Å². The number of carbonyl (C=O) groups is 1. The molecule has 2 saturated heterocycles. The predicted molar refractivity (Wildman–Crippen MR) is 133 cm³/mol. The van der Waals surface area contributed by atoms with Crippen LogP contribution in [0.25, 0.3) is 0 Å². The Morgan fingerprint density at radius 1 is 1.27 bits per heavy atom. The van der Waals surface area contributed by atoms with Gasteiger partial charge < -0.3 is 20.3 Å². The normalized spacial score (nSPS) is 23.7. The van der Waals surface area contributed by atoms with Crippen LogP contribution >= 0.6 is 35.3 Å². The maximum Gasteiger partial charge on any atom is 0.410 e. The van der Waals surface area contributed by atoms with Crippen LogP contribution in [0.3, 0.4) is 0 Å². The molecule has 1 aromatic rings. The summed E-state index contributed by atoms with van der Waals surface area (Å²) in [5.74, 6) is 0.841. The van der Waals surface area contributed by atoms with E-state index in [1.54, 1.807) is 11.3 Å². The Balaban J connectivity index is 0.00000320. The maximum absolute atomic E-state index is 12.6. The van der Waals surface area contributed by atoms with E-state index >= 15 is 0 Å². The van der Waals surface area contributed by atoms with Crippen LogP contribution in [0.4, 0.5) is 4.79 Å². The number of aryl methyl sites for hydroxylation is 2. The van der Waals surface area contributed by atoms with Crippen molar-refractivity contribution in [2.75, 3.05) is 6.54 Å². The molecule has 170 valence electrons. The molecule has 0 saturated carbocycles. The number of thiazole rings is 1. The number of nitrogens with one attached hydrogen (secondary N) is 2. The molecule has 9 heteroatoms. The fraction of sp³-hybridized carbons (Fsp3) is 0.762. The summed E-state index contributed by atoms with van der Waals surface area (Å²) in [6, 6.07) is 0.805. The van der Waals surface area contributed by atoms with Crippen molar-refractivity contribution in [1.29, 1.82) is 0 Å². The Bertz CT molecular complexity index is 747. The van der Waals surface area contributed by atoms with Gasteiger partial charge in [0.1, 0.15) is 5.60 Å². The van der Waals surface area contributed by atoms with Crippen molar-refractivity contribution < 1.29 is 9.53 Å². The van der Waals surface area contributed by atoms with E-state index in [2.05, 4.69) is 22.5 Å². The molecule has 2 bridgehead atoms. The van der Waals surface area contributed by atoms with Crippen molar-refractivity contribution in [2.24, 2.45) is 4.99 Å². The van der Waals surface area contributed by atoms with Crippen LogP contribution in [0.5, 0.6) is 0 Å². The lowest BCUT2D eigenvalue weighted by molar-refractivity contribution is 0.00545. The van der Waals surface area contributed by atoms with E-state index in [0.717, 1.165) is 48.9 Å². The first-order valence-electron chi connectivity index (χ1n) is 10.7. The summed E-state index contributed by atoms with van der Waals surface area (Å²) in [4.78, 5) is 25.1. The second-order valence-corrected chi connectivity index (χ2v) is 10.3. The minimum atomic E-state index is -0.455. The number of ether oxygens (including phenoxy) is 1. The Hall–Kier alpha value is -1.10. The summed E-state index contributed by atoms with van der Waals surface area (Å²) in [6.07, 6.45) is 3.79. The highest BCUT2D eigenvalue weighted by Gasteiger charge is 2.45. The fourth-order valence-electron chi connectivity index (χ4n) is 4.29. The number of halogens is 1. The number of fused-ring (bicyclic) bond motifs is 2. The Kier molecular flexibility index (Phi) is 8.79. The Morgan fingerprint density at radius 3 is 2.40 bits per heavy atom. The zero-order valence-corrected chi connectivity index (χ0v) is 22.1. The van der Waals surface area contributed by atoms with Gasteiger partial charge in [-0.05, 0) is 67.2 Å². The van der Waals surface area contributed by atoms with Gasteiger partial charge >= 0.3 is 6.09 Å². The number of amides is 1. The van der Waals surface area contributed by atoms with Gasteiger partial charge in [-0.15, -0.1) is 35.3 Å². The smallest absolute Gasteiger partial charge is 0.410 e. The highest BCUT2D eigenvalue weighted by atomic mass is 127. The highest BCUT2D eigenvalue weighted by Crippen LogP contribution is 2.36. The van der Waals surface area contributed by atoms with Gasteiger partial charge in [0.05, 0.1) is 17.2 Å². The topological polar surface area (TPSA) is 78.9 Å². The van der Waals surface area contributed by atoms with Gasteiger partial charge in [0.15, 0.2) is 5.96 Å². The lowest BCUT2D eigenvalue weighted by atomic mass is 9.98. The van der Waals surface area contributed by atoms with Crippen molar-refractivity contribution in [1.82, 2.24) is 20.5 Å². The largest absolute Gasteiger partial charge is 0.444 e. The second kappa shape index (κ2) is 10.5. The average Bonchev–Trinajstić information content (AvgIpc) is 3.07. The summed E-state index contributed by atoms with van der Waals surface area (Å²) in [7, 11) is 0. The quantitative estimate of drug-likeness (QED) is 0.332. The molecule has 1 aromatic heterocycles. The minimum absolute atomic E-state index is 0. The van der Waals surface area contributed by atoms with E-state index in [9.17, 15) is 4.79 Å². The standard InChI is InChI=1S/C21H35N5O2S.HI/c1-7-22-19(23-12-18-13(2)24-14(3)29-18)25-15-10-16-8-9-17(11-15)26(16)20(27)28-21(4,5)6;/h15-17H,7-12H2,1-6H3,(H2,22,23,25);1H. The molecule has 0 radical (unpaired) electrons. The van der Waals surface area contributed by atoms with Crippen LogP contribution in [-0.2, 0) is 11.3 Å². The van der Waals surface area contributed by atoms with Crippen LogP contribution in [0.2, 0.25) is 0 Å². The van der Waals surface area contributed by atoms with Gasteiger partial charge in [0.25, 0.3) is 0 Å². The summed E-state index contributed by atoms with van der Waals surface area (Å²) in [5, 5.41) is 8.05. The zero-order valence-electron chi connectivity index (χ0n) is 18.9. The third-order valence-corrected chi connectivity index (χ3v) is 6.46. The van der Waals surface area contributed by atoms with Gasteiger partial charge in [-0.25, -0.2) is 14.8 Å². The van der Waals surface area contributed by atoms with Gasteiger partial charge in [0, 0.05) is 29.5 Å². The lowest BCUT2D eigenvalue weighted by Crippen LogP contribution is -2.55. The predicted octanol–water partition coefficient (Wildman–Crippen LogP) is 4.36. The van der Waals surface area contributed by atoms with E-state index in [1.165, 1.54) is 4.88 Å². The molecule has 2 N–H and O–H groups in total. The van der Waals surface area contributed by atoms with Gasteiger partial charge in [-0.3, -0.25) is 0 Å². The van der Waals surface area contributed by atoms with E-state index < -0.39 is 5.60 Å². The van der Waals surface area contributed by atoms with Crippen molar-refractivity contribution in [3.63, 3.8) is 0 Å². The van der Waals surface area contributed by atoms with Gasteiger partial charge in [-0.2, -0.15) is 0 Å². The molecule has 7 nitrogen and oxygen atoms in total. The summed E-state index contributed by atoms with van der Waals surface area (Å²) in [5.41, 5.74) is 0.611. The molecule has 2 aliphatic heterocycles. The third-order valence-electron chi connectivity index (χ3n) is 5.40. The van der Waals surface area contributed by atoms with Crippen molar-refractivity contribution in [2.45, 2.75) is 97.5 Å². The van der Waals surface area contributed by atoms with Gasteiger partial charge in [0.2, 0.25) is 0 Å². The summed E-state index contributed by atoms with van der Waals surface area (Å²) >= 11 is 1.71. The van der Waals surface area contributed by atoms with E-state index in [4.69, 9.17) is 9.73 Å². The molecule has 0 aliphatic carbocycles. The van der Waals surface area contributed by atoms with Crippen LogP contribution in [-0.4, -0.2) is 52.2 Å². The molecule has 3 rings (SSSR count). The Labute approximate surface area is 201 Å². The number of rotatable bonds is 4. The Morgan fingerprint density at radius 2 is 1.90 bits per heavy atom. The molecule has 2 unspecified atom stereocenters. The first kappa shape index (κ1) is 25.2. The molecule has 30 heavy (non-hydrogen) atoms. The first-order valence-corrected chi connectivity index (χ1v) is 11.5. The number of piperidine rings is 1. The monoisotopic (exact) mass is 549 g/mol. The molecule has 2 aliphatic rings. The SMILES string of the molecule is CCNC(=NCc1sc(C)nc1C)NC1CC2CCC(C1)N2C(=O)OC(C)(C)C.I. The van der Waals surface area contributed by atoms with Crippen molar-refractivity contribution in [3.8, 4) is 0 Å². The zero-order chi connectivity index (χ0) is 21.2. The van der Waals surface area contributed by atoms with E-state index in [0.29, 0.717) is 12.6 Å². The highest BCUT2D eigenvalue weighted by molar-refractivity contribution is 14.0. The van der Waals surface area contributed by atoms with Crippen LogP contribution in [0, 0.1) is 13.8 Å². The minimum Gasteiger partial charge on any atom is -0.444 e. The number of nitrogens with zero attached hydrogens (tertiary/aromatic N) is 3. The molecule has 3 heterocycles. The number of hydrogen-bond acceptors (Lipinski definition) is 5. The summed E-state index contributed by atoms with van der Waals surface area (Å²) in [6.45, 7) is 13.4. The molecule has 2 atom stereocenters. The first-order chi connectivity index (χ1) is 13.7. The molecular formula is C21H36IN5O2S. The molecule has 1 amide bonds. The van der Waals surface area contributed by atoms with Gasteiger partial charge in [-0.1, -0.05) is 0 Å². The molecule has 0 aromatic carbocycles. The fourth-order valence-corrected chi connectivity index (χ4v) is 5.15. The molecular weight excluding hydrogens is 513 g/mol. The number of hydrogen-bond donors (Lipinski definition) is 2. The number of aliphatic imine (C=N–C) groups is 1. The summed E-state index contributed by atoms with van der Waals surface area (Å²) < 4.78 is 5.64. The van der Waals surface area contributed by atoms with Crippen LogP contribution in [0.15, 0.2) is 4.99 Å². The van der Waals surface area contributed by atoms with E-state index in [1.807, 2.05) is 39.5 Å². The average molecular weight is 550 g/mol. The van der Waals surface area contributed by atoms with Crippen molar-refractivity contribution >= 4 is 47.4 Å². The number of aromatic nitrogens is 1. The molecule has 0 spiro atoms. The number of guanidine groups is 1. The molecule has 2 fully saturated rings. The second-order valence-electron chi connectivity index (χ2n) is 9.02. The van der Waals surface area contributed by atoms with Crippen LogP contribution < -0.4 is 10.6 Å². The van der Waals surface area contributed by atoms with Crippen LogP contribution in [0.1, 0.15) is 69.0 Å². The maximum atomic E-state index is 12.6. The lowest BCUT2D eigenvalue weighted by Gasteiger charge is -2.40. The number of carbonyl (C=O) groups excluding carboxylic acids is 1. The third kappa shape index (κ3) is 6.45.